The molecule has 30 heavy (non-hydrogen) atoms. The second kappa shape index (κ2) is 8.56. The van der Waals surface area contributed by atoms with Gasteiger partial charge in [0.1, 0.15) is 17.6 Å². The van der Waals surface area contributed by atoms with E-state index in [-0.39, 0.29) is 16.6 Å². The Kier molecular flexibility index (Phi) is 5.69. The lowest BCUT2D eigenvalue weighted by Crippen LogP contribution is -2.19. The quantitative estimate of drug-likeness (QED) is 0.385. The average Bonchev–Trinajstić information content (AvgIpc) is 3.16. The Morgan fingerprint density at radius 1 is 1.17 bits per heavy atom. The molecule has 4 rings (SSSR count). The summed E-state index contributed by atoms with van der Waals surface area (Å²) in [4.78, 5) is 27.4. The minimum Gasteiger partial charge on any atom is -0.478 e. The third-order valence-corrected chi connectivity index (χ3v) is 4.75. The van der Waals surface area contributed by atoms with Crippen molar-refractivity contribution in [1.29, 1.82) is 0 Å². The minimum atomic E-state index is -1.43. The van der Waals surface area contributed by atoms with Gasteiger partial charge in [-0.05, 0) is 23.8 Å². The van der Waals surface area contributed by atoms with E-state index in [9.17, 15) is 9.90 Å². The molecule has 4 aromatic rings. The molecule has 0 saturated heterocycles. The highest BCUT2D eigenvalue weighted by molar-refractivity contribution is 6.35. The van der Waals surface area contributed by atoms with Gasteiger partial charge in [-0.15, -0.1) is 0 Å². The standard InChI is InChI=1S/C20H15Cl2N5O3/c21-12-6-7-14(13(22)8-12)30-16(20(28)29)19-26-15-17(24-10-25-18(15)27-19)23-9-11-4-2-1-3-5-11/h1-8,10,16H,9H2,(H,28,29)(H2,23,24,25,26,27). The Morgan fingerprint density at radius 2 is 1.97 bits per heavy atom. The van der Waals surface area contributed by atoms with Crippen molar-refractivity contribution in [2.24, 2.45) is 0 Å². The van der Waals surface area contributed by atoms with Gasteiger partial charge in [0, 0.05) is 11.6 Å². The molecule has 10 heteroatoms. The van der Waals surface area contributed by atoms with Crippen molar-refractivity contribution in [2.45, 2.75) is 12.6 Å². The first kappa shape index (κ1) is 19.9. The fourth-order valence-electron chi connectivity index (χ4n) is 2.81. The van der Waals surface area contributed by atoms with Crippen LogP contribution in [0.2, 0.25) is 10.0 Å². The Hall–Kier alpha value is -3.36. The van der Waals surface area contributed by atoms with Gasteiger partial charge in [-0.25, -0.2) is 19.7 Å². The monoisotopic (exact) mass is 443 g/mol. The fourth-order valence-corrected chi connectivity index (χ4v) is 3.26. The first-order chi connectivity index (χ1) is 14.5. The molecule has 0 bridgehead atoms. The minimum absolute atomic E-state index is 0.0618. The number of aromatic nitrogens is 4. The van der Waals surface area contributed by atoms with Crippen LogP contribution in [-0.4, -0.2) is 31.0 Å². The number of anilines is 1. The van der Waals surface area contributed by atoms with Crippen molar-refractivity contribution < 1.29 is 14.6 Å². The zero-order valence-electron chi connectivity index (χ0n) is 15.3. The molecule has 1 unspecified atom stereocenters. The summed E-state index contributed by atoms with van der Waals surface area (Å²) in [7, 11) is 0. The average molecular weight is 444 g/mol. The number of fused-ring (bicyclic) bond motifs is 1. The van der Waals surface area contributed by atoms with Crippen LogP contribution in [0.1, 0.15) is 17.5 Å². The number of halogens is 2. The number of hydrogen-bond donors (Lipinski definition) is 3. The van der Waals surface area contributed by atoms with Crippen molar-refractivity contribution in [2.75, 3.05) is 5.32 Å². The Morgan fingerprint density at radius 3 is 2.70 bits per heavy atom. The lowest BCUT2D eigenvalue weighted by molar-refractivity contribution is -0.145. The molecular formula is C20H15Cl2N5O3. The number of nitrogens with one attached hydrogen (secondary N) is 2. The maximum absolute atomic E-state index is 11.8. The van der Waals surface area contributed by atoms with Gasteiger partial charge in [0.2, 0.25) is 0 Å². The molecule has 3 N–H and O–H groups in total. The predicted molar refractivity (Wildman–Crippen MR) is 113 cm³/mol. The lowest BCUT2D eigenvalue weighted by Gasteiger charge is -2.14. The third-order valence-electron chi connectivity index (χ3n) is 4.22. The van der Waals surface area contributed by atoms with Crippen LogP contribution in [0.15, 0.2) is 54.9 Å². The number of nitrogens with zero attached hydrogens (tertiary/aromatic N) is 3. The molecule has 0 fully saturated rings. The summed E-state index contributed by atoms with van der Waals surface area (Å²) in [5, 5.41) is 13.5. The van der Waals surface area contributed by atoms with Crippen LogP contribution < -0.4 is 10.1 Å². The molecule has 152 valence electrons. The Labute approximate surface area is 180 Å². The number of hydrogen-bond acceptors (Lipinski definition) is 6. The molecule has 2 heterocycles. The first-order valence-corrected chi connectivity index (χ1v) is 9.60. The summed E-state index contributed by atoms with van der Waals surface area (Å²) in [5.41, 5.74) is 1.85. The number of aliphatic carboxylic acids is 1. The predicted octanol–water partition coefficient (Wildman–Crippen LogP) is 4.48. The second-order valence-corrected chi connectivity index (χ2v) is 7.14. The Bertz CT molecular complexity index is 1200. The van der Waals surface area contributed by atoms with Gasteiger partial charge >= 0.3 is 5.97 Å². The highest BCUT2D eigenvalue weighted by Gasteiger charge is 2.27. The van der Waals surface area contributed by atoms with Crippen molar-refractivity contribution in [3.05, 3.63) is 76.3 Å². The number of imidazole rings is 1. The van der Waals surface area contributed by atoms with Gasteiger partial charge in [-0.2, -0.15) is 0 Å². The van der Waals surface area contributed by atoms with E-state index in [4.69, 9.17) is 27.9 Å². The number of aromatic amines is 1. The van der Waals surface area contributed by atoms with E-state index < -0.39 is 12.1 Å². The van der Waals surface area contributed by atoms with E-state index >= 15 is 0 Å². The van der Waals surface area contributed by atoms with E-state index in [1.807, 2.05) is 30.3 Å². The fraction of sp³-hybridized carbons (Fsp3) is 0.100. The van der Waals surface area contributed by atoms with Crippen LogP contribution in [0.4, 0.5) is 5.82 Å². The summed E-state index contributed by atoms with van der Waals surface area (Å²) < 4.78 is 5.59. The van der Waals surface area contributed by atoms with Crippen molar-refractivity contribution in [3.63, 3.8) is 0 Å². The van der Waals surface area contributed by atoms with Crippen LogP contribution in [0, 0.1) is 0 Å². The normalized spacial score (nSPS) is 11.9. The van der Waals surface area contributed by atoms with Crippen LogP contribution in [0.25, 0.3) is 11.2 Å². The van der Waals surface area contributed by atoms with E-state index in [1.165, 1.54) is 18.5 Å². The number of carboxylic acid groups (broad SMARTS) is 1. The van der Waals surface area contributed by atoms with Gasteiger partial charge in [0.15, 0.2) is 17.3 Å². The van der Waals surface area contributed by atoms with Crippen LogP contribution in [0.5, 0.6) is 5.75 Å². The molecule has 0 saturated carbocycles. The summed E-state index contributed by atoms with van der Waals surface area (Å²) >= 11 is 12.0. The molecule has 1 atom stereocenters. The summed E-state index contributed by atoms with van der Waals surface area (Å²) in [6.45, 7) is 0.528. The third kappa shape index (κ3) is 4.29. The molecule has 2 aromatic heterocycles. The first-order valence-electron chi connectivity index (χ1n) is 8.84. The zero-order valence-corrected chi connectivity index (χ0v) is 16.9. The number of ether oxygens (including phenoxy) is 1. The highest BCUT2D eigenvalue weighted by Crippen LogP contribution is 2.31. The largest absolute Gasteiger partial charge is 0.478 e. The van der Waals surface area contributed by atoms with Crippen LogP contribution >= 0.6 is 23.2 Å². The lowest BCUT2D eigenvalue weighted by atomic mass is 10.2. The van der Waals surface area contributed by atoms with E-state index in [2.05, 4.69) is 25.3 Å². The maximum Gasteiger partial charge on any atom is 0.352 e. The highest BCUT2D eigenvalue weighted by atomic mass is 35.5. The molecular weight excluding hydrogens is 429 g/mol. The molecule has 0 aliphatic rings. The molecule has 0 amide bonds. The number of benzene rings is 2. The van der Waals surface area contributed by atoms with Crippen molar-refractivity contribution in [3.8, 4) is 5.75 Å². The van der Waals surface area contributed by atoms with Gasteiger partial charge in [-0.3, -0.25) is 0 Å². The van der Waals surface area contributed by atoms with Crippen LogP contribution in [0.3, 0.4) is 0 Å². The van der Waals surface area contributed by atoms with E-state index in [0.29, 0.717) is 28.5 Å². The number of H-pyrrole nitrogens is 1. The summed E-state index contributed by atoms with van der Waals surface area (Å²) in [5.74, 6) is -0.516. The van der Waals surface area contributed by atoms with Gasteiger partial charge in [0.05, 0.1) is 5.02 Å². The topological polar surface area (TPSA) is 113 Å². The zero-order chi connectivity index (χ0) is 21.1. The SMILES string of the molecule is O=C(O)C(Oc1ccc(Cl)cc1Cl)c1nc2ncnc(NCc3ccccc3)c2[nH]1. The van der Waals surface area contributed by atoms with Crippen molar-refractivity contribution in [1.82, 2.24) is 19.9 Å². The number of carbonyl (C=O) groups is 1. The molecule has 8 nitrogen and oxygen atoms in total. The van der Waals surface area contributed by atoms with E-state index in [0.717, 1.165) is 5.56 Å². The van der Waals surface area contributed by atoms with Gasteiger partial charge in [-0.1, -0.05) is 53.5 Å². The van der Waals surface area contributed by atoms with Crippen molar-refractivity contribution >= 4 is 46.2 Å². The summed E-state index contributed by atoms with van der Waals surface area (Å²) in [6.07, 6.45) is -0.0766. The molecule has 0 spiro atoms. The Balaban J connectivity index is 1.63. The molecule has 0 aliphatic heterocycles. The number of carboxylic acids is 1. The number of rotatable bonds is 7. The molecule has 2 aromatic carbocycles. The molecule has 0 aliphatic carbocycles. The van der Waals surface area contributed by atoms with Gasteiger partial charge < -0.3 is 20.1 Å². The maximum atomic E-state index is 11.8. The van der Waals surface area contributed by atoms with Crippen LogP contribution in [-0.2, 0) is 11.3 Å². The second-order valence-electron chi connectivity index (χ2n) is 6.29. The van der Waals surface area contributed by atoms with Gasteiger partial charge in [0.25, 0.3) is 6.10 Å². The van der Waals surface area contributed by atoms with E-state index in [1.54, 1.807) is 6.07 Å². The molecule has 0 radical (unpaired) electrons. The smallest absolute Gasteiger partial charge is 0.352 e. The summed E-state index contributed by atoms with van der Waals surface area (Å²) in [6, 6.07) is 14.3.